The molecule has 24 heavy (non-hydrogen) atoms. The standard InChI is InChI=1S/C17H16ClNO4S/c1-11(16(20)19-15-8-6-14(18)7-9-15)24(23)10-12-2-4-13(5-3-12)17(21)22/h2-9,11H,10H2,1H3,(H,19,20)(H,21,22). The lowest BCUT2D eigenvalue weighted by Crippen LogP contribution is -2.29. The highest BCUT2D eigenvalue weighted by Gasteiger charge is 2.20. The van der Waals surface area contributed by atoms with Gasteiger partial charge in [0, 0.05) is 27.3 Å². The zero-order valence-corrected chi connectivity index (χ0v) is 14.4. The molecule has 2 aromatic rings. The number of rotatable bonds is 6. The molecule has 2 N–H and O–H groups in total. The Kier molecular flexibility index (Phi) is 6.11. The van der Waals surface area contributed by atoms with E-state index in [1.165, 1.54) is 12.1 Å². The fraction of sp³-hybridized carbons (Fsp3) is 0.176. The van der Waals surface area contributed by atoms with E-state index in [0.717, 1.165) is 0 Å². The number of carbonyl (C=O) groups excluding carboxylic acids is 1. The number of carbonyl (C=O) groups is 2. The summed E-state index contributed by atoms with van der Waals surface area (Å²) in [6.45, 7) is 1.59. The molecule has 126 valence electrons. The van der Waals surface area contributed by atoms with Crippen molar-refractivity contribution in [2.75, 3.05) is 5.32 Å². The minimum absolute atomic E-state index is 0.165. The molecule has 5 nitrogen and oxygen atoms in total. The number of benzene rings is 2. The lowest BCUT2D eigenvalue weighted by molar-refractivity contribution is -0.115. The monoisotopic (exact) mass is 365 g/mol. The van der Waals surface area contributed by atoms with Crippen molar-refractivity contribution in [3.05, 3.63) is 64.7 Å². The van der Waals surface area contributed by atoms with E-state index in [-0.39, 0.29) is 17.2 Å². The van der Waals surface area contributed by atoms with Gasteiger partial charge in [0.1, 0.15) is 5.25 Å². The first-order valence-electron chi connectivity index (χ1n) is 7.12. The van der Waals surface area contributed by atoms with Crippen molar-refractivity contribution in [3.8, 4) is 0 Å². The number of aromatic carboxylic acids is 1. The molecule has 0 saturated carbocycles. The van der Waals surface area contributed by atoms with Crippen molar-refractivity contribution in [2.45, 2.75) is 17.9 Å². The van der Waals surface area contributed by atoms with Crippen molar-refractivity contribution in [3.63, 3.8) is 0 Å². The Labute approximate surface area is 147 Å². The third kappa shape index (κ3) is 4.91. The molecule has 0 bridgehead atoms. The molecule has 2 aromatic carbocycles. The molecule has 0 aliphatic heterocycles. The topological polar surface area (TPSA) is 83.5 Å². The molecule has 0 aromatic heterocycles. The number of hydrogen-bond acceptors (Lipinski definition) is 3. The molecule has 0 aliphatic rings. The minimum atomic E-state index is -1.43. The highest BCUT2D eigenvalue weighted by Crippen LogP contribution is 2.15. The molecule has 2 unspecified atom stereocenters. The van der Waals surface area contributed by atoms with Gasteiger partial charge in [-0.15, -0.1) is 0 Å². The Morgan fingerprint density at radius 2 is 1.71 bits per heavy atom. The zero-order chi connectivity index (χ0) is 17.7. The van der Waals surface area contributed by atoms with Crippen LogP contribution >= 0.6 is 11.6 Å². The second-order valence-corrected chi connectivity index (χ2v) is 7.36. The van der Waals surface area contributed by atoms with Gasteiger partial charge in [-0.25, -0.2) is 4.79 Å². The number of halogens is 1. The number of hydrogen-bond donors (Lipinski definition) is 2. The summed E-state index contributed by atoms with van der Waals surface area (Å²) in [6.07, 6.45) is 0. The van der Waals surface area contributed by atoms with Gasteiger partial charge in [0.2, 0.25) is 5.91 Å². The van der Waals surface area contributed by atoms with E-state index in [1.807, 2.05) is 0 Å². The molecule has 2 atom stereocenters. The number of anilines is 1. The van der Waals surface area contributed by atoms with Crippen LogP contribution < -0.4 is 5.32 Å². The summed E-state index contributed by atoms with van der Waals surface area (Å²) in [5.74, 6) is -1.19. The van der Waals surface area contributed by atoms with Gasteiger partial charge in [0.15, 0.2) is 0 Å². The Bertz CT molecular complexity index is 759. The first kappa shape index (κ1) is 18.2. The lowest BCUT2D eigenvalue weighted by Gasteiger charge is -2.12. The van der Waals surface area contributed by atoms with Gasteiger partial charge in [0.25, 0.3) is 0 Å². The maximum atomic E-state index is 12.3. The first-order chi connectivity index (χ1) is 11.4. The average Bonchev–Trinajstić information content (AvgIpc) is 2.56. The molecular formula is C17H16ClNO4S. The Morgan fingerprint density at radius 3 is 2.25 bits per heavy atom. The molecule has 0 saturated heterocycles. The minimum Gasteiger partial charge on any atom is -0.478 e. The fourth-order valence-corrected chi connectivity index (χ4v) is 3.12. The van der Waals surface area contributed by atoms with Crippen LogP contribution in [0.5, 0.6) is 0 Å². The van der Waals surface area contributed by atoms with E-state index in [9.17, 15) is 13.8 Å². The van der Waals surface area contributed by atoms with Gasteiger partial charge < -0.3 is 10.4 Å². The van der Waals surface area contributed by atoms with Gasteiger partial charge in [-0.1, -0.05) is 23.7 Å². The molecule has 0 heterocycles. The van der Waals surface area contributed by atoms with Crippen LogP contribution in [0.3, 0.4) is 0 Å². The van der Waals surface area contributed by atoms with Crippen LogP contribution in [-0.4, -0.2) is 26.4 Å². The fourth-order valence-electron chi connectivity index (χ4n) is 1.93. The largest absolute Gasteiger partial charge is 0.478 e. The predicted octanol–water partition coefficient (Wildman–Crippen LogP) is 3.31. The molecule has 1 amide bonds. The number of nitrogens with one attached hydrogen (secondary N) is 1. The van der Waals surface area contributed by atoms with E-state index in [2.05, 4.69) is 5.32 Å². The van der Waals surface area contributed by atoms with Crippen LogP contribution in [0, 0.1) is 0 Å². The van der Waals surface area contributed by atoms with E-state index in [4.69, 9.17) is 16.7 Å². The van der Waals surface area contributed by atoms with Crippen LogP contribution in [0.15, 0.2) is 48.5 Å². The normalized spacial score (nSPS) is 13.1. The van der Waals surface area contributed by atoms with E-state index < -0.39 is 22.0 Å². The summed E-state index contributed by atoms with van der Waals surface area (Å²) < 4.78 is 12.3. The SMILES string of the molecule is CC(C(=O)Nc1ccc(Cl)cc1)S(=O)Cc1ccc(C(=O)O)cc1. The van der Waals surface area contributed by atoms with E-state index in [0.29, 0.717) is 16.3 Å². The smallest absolute Gasteiger partial charge is 0.335 e. The van der Waals surface area contributed by atoms with Crippen LogP contribution in [0.2, 0.25) is 5.02 Å². The van der Waals surface area contributed by atoms with Crippen molar-refractivity contribution in [1.82, 2.24) is 0 Å². The number of carboxylic acid groups (broad SMARTS) is 1. The summed E-state index contributed by atoms with van der Waals surface area (Å²) in [4.78, 5) is 23.0. The summed E-state index contributed by atoms with van der Waals surface area (Å²) in [5, 5.41) is 11.4. The lowest BCUT2D eigenvalue weighted by atomic mass is 10.1. The Hall–Kier alpha value is -2.18. The third-order valence-electron chi connectivity index (χ3n) is 3.39. The van der Waals surface area contributed by atoms with Crippen LogP contribution in [0.1, 0.15) is 22.8 Å². The number of amides is 1. The maximum absolute atomic E-state index is 12.3. The van der Waals surface area contributed by atoms with E-state index in [1.54, 1.807) is 43.3 Å². The van der Waals surface area contributed by atoms with Gasteiger partial charge in [-0.2, -0.15) is 0 Å². The Morgan fingerprint density at radius 1 is 1.12 bits per heavy atom. The van der Waals surface area contributed by atoms with Gasteiger partial charge >= 0.3 is 5.97 Å². The highest BCUT2D eigenvalue weighted by molar-refractivity contribution is 7.85. The van der Waals surface area contributed by atoms with Crippen molar-refractivity contribution in [1.29, 1.82) is 0 Å². The van der Waals surface area contributed by atoms with E-state index >= 15 is 0 Å². The van der Waals surface area contributed by atoms with Gasteiger partial charge in [-0.3, -0.25) is 9.00 Å². The first-order valence-corrected chi connectivity index (χ1v) is 8.88. The summed E-state index contributed by atoms with van der Waals surface area (Å²) in [7, 11) is -1.43. The molecule has 7 heteroatoms. The molecule has 0 fully saturated rings. The van der Waals surface area contributed by atoms with Crippen molar-refractivity contribution in [2.24, 2.45) is 0 Å². The van der Waals surface area contributed by atoms with Crippen molar-refractivity contribution >= 4 is 40.0 Å². The zero-order valence-electron chi connectivity index (χ0n) is 12.9. The Balaban J connectivity index is 1.96. The van der Waals surface area contributed by atoms with Crippen LogP contribution in [0.4, 0.5) is 5.69 Å². The van der Waals surface area contributed by atoms with Crippen LogP contribution in [-0.2, 0) is 21.3 Å². The predicted molar refractivity (Wildman–Crippen MR) is 94.8 cm³/mol. The molecular weight excluding hydrogens is 350 g/mol. The second kappa shape index (κ2) is 8.08. The molecule has 2 rings (SSSR count). The van der Waals surface area contributed by atoms with Gasteiger partial charge in [0.05, 0.1) is 5.56 Å². The quantitative estimate of drug-likeness (QED) is 0.822. The number of carboxylic acids is 1. The summed E-state index contributed by atoms with van der Waals surface area (Å²) in [5.41, 5.74) is 1.46. The van der Waals surface area contributed by atoms with Gasteiger partial charge in [-0.05, 0) is 48.9 Å². The highest BCUT2D eigenvalue weighted by atomic mass is 35.5. The molecule has 0 aliphatic carbocycles. The molecule has 0 spiro atoms. The third-order valence-corrected chi connectivity index (χ3v) is 5.26. The maximum Gasteiger partial charge on any atom is 0.335 e. The molecule has 0 radical (unpaired) electrons. The van der Waals surface area contributed by atoms with Crippen LogP contribution in [0.25, 0.3) is 0 Å². The average molecular weight is 366 g/mol. The summed E-state index contributed by atoms with van der Waals surface area (Å²) in [6, 6.07) is 12.8. The summed E-state index contributed by atoms with van der Waals surface area (Å²) >= 11 is 5.78. The second-order valence-electron chi connectivity index (χ2n) is 5.17. The van der Waals surface area contributed by atoms with Crippen molar-refractivity contribution < 1.29 is 18.9 Å².